The zero-order valence-corrected chi connectivity index (χ0v) is 6.00. The molecule has 0 aliphatic rings. The quantitative estimate of drug-likeness (QED) is 0.608. The van der Waals surface area contributed by atoms with Crippen molar-refractivity contribution in [1.82, 2.24) is 4.98 Å². The van der Waals surface area contributed by atoms with Crippen molar-refractivity contribution in [3.63, 3.8) is 0 Å². The molecule has 1 aromatic rings. The van der Waals surface area contributed by atoms with Gasteiger partial charge in [-0.3, -0.25) is 4.79 Å². The number of hydrogen-bond donors (Lipinski definition) is 2. The van der Waals surface area contributed by atoms with Gasteiger partial charge in [-0.1, -0.05) is 0 Å². The fourth-order valence-electron chi connectivity index (χ4n) is 0.770. The van der Waals surface area contributed by atoms with Gasteiger partial charge in [0.25, 0.3) is 5.91 Å². The summed E-state index contributed by atoms with van der Waals surface area (Å²) in [7, 11) is 0. The third kappa shape index (κ3) is 1.38. The Morgan fingerprint density at radius 1 is 1.82 bits per heavy atom. The van der Waals surface area contributed by atoms with Gasteiger partial charge in [-0.2, -0.15) is 0 Å². The molecule has 0 unspecified atom stereocenters. The van der Waals surface area contributed by atoms with Crippen molar-refractivity contribution >= 4 is 5.91 Å². The average molecular weight is 156 g/mol. The standard InChI is InChI=1S/C6H8N2O3/c1-3-8-4(2-9)5(11-3)6(7)10/h9H,2H2,1H3,(H2,7,10). The number of rotatable bonds is 2. The number of aliphatic hydroxyl groups is 1. The number of carbonyl (C=O) groups is 1. The predicted molar refractivity (Wildman–Crippen MR) is 35.7 cm³/mol. The molecule has 0 atom stereocenters. The van der Waals surface area contributed by atoms with Crippen LogP contribution in [0.1, 0.15) is 22.1 Å². The van der Waals surface area contributed by atoms with Crippen molar-refractivity contribution in [2.45, 2.75) is 13.5 Å². The van der Waals surface area contributed by atoms with Crippen LogP contribution in [0.4, 0.5) is 0 Å². The Labute approximate surface area is 62.8 Å². The first kappa shape index (κ1) is 7.74. The number of nitrogens with two attached hydrogens (primary N) is 1. The molecule has 11 heavy (non-hydrogen) atoms. The molecular weight excluding hydrogens is 148 g/mol. The minimum atomic E-state index is -0.713. The summed E-state index contributed by atoms with van der Waals surface area (Å²) < 4.78 is 4.82. The molecule has 1 rings (SSSR count). The van der Waals surface area contributed by atoms with E-state index in [-0.39, 0.29) is 18.1 Å². The van der Waals surface area contributed by atoms with Gasteiger partial charge in [0, 0.05) is 6.92 Å². The van der Waals surface area contributed by atoms with E-state index in [1.165, 1.54) is 0 Å². The topological polar surface area (TPSA) is 89.4 Å². The third-order valence-corrected chi connectivity index (χ3v) is 1.18. The Morgan fingerprint density at radius 3 is 2.82 bits per heavy atom. The smallest absolute Gasteiger partial charge is 0.286 e. The second kappa shape index (κ2) is 2.71. The molecule has 0 aliphatic carbocycles. The Morgan fingerprint density at radius 2 is 2.45 bits per heavy atom. The molecular formula is C6H8N2O3. The van der Waals surface area contributed by atoms with Gasteiger partial charge < -0.3 is 15.3 Å². The third-order valence-electron chi connectivity index (χ3n) is 1.18. The summed E-state index contributed by atoms with van der Waals surface area (Å²) in [5.74, 6) is -0.456. The lowest BCUT2D eigenvalue weighted by molar-refractivity contribution is 0.0968. The highest BCUT2D eigenvalue weighted by molar-refractivity contribution is 5.90. The van der Waals surface area contributed by atoms with Crippen molar-refractivity contribution in [2.75, 3.05) is 0 Å². The number of carbonyl (C=O) groups excluding carboxylic acids is 1. The lowest BCUT2D eigenvalue weighted by Crippen LogP contribution is -2.12. The molecule has 5 nitrogen and oxygen atoms in total. The Kier molecular flexibility index (Phi) is 1.91. The minimum absolute atomic E-state index is 0.0648. The molecule has 0 radical (unpaired) electrons. The fourth-order valence-corrected chi connectivity index (χ4v) is 0.770. The average Bonchev–Trinajstić information content (AvgIpc) is 2.30. The lowest BCUT2D eigenvalue weighted by atomic mass is 10.3. The van der Waals surface area contributed by atoms with Crippen LogP contribution < -0.4 is 5.73 Å². The molecule has 3 N–H and O–H groups in total. The highest BCUT2D eigenvalue weighted by Gasteiger charge is 2.14. The number of nitrogens with zero attached hydrogens (tertiary/aromatic N) is 1. The van der Waals surface area contributed by atoms with Crippen LogP contribution in [0, 0.1) is 6.92 Å². The molecule has 1 aromatic heterocycles. The molecule has 0 spiro atoms. The number of aliphatic hydroxyl groups excluding tert-OH is 1. The largest absolute Gasteiger partial charge is 0.435 e. The molecule has 0 aliphatic heterocycles. The Balaban J connectivity index is 3.12. The number of oxazole rings is 1. The van der Waals surface area contributed by atoms with Crippen LogP contribution in [0.5, 0.6) is 0 Å². The van der Waals surface area contributed by atoms with Gasteiger partial charge in [0.15, 0.2) is 5.89 Å². The Hall–Kier alpha value is -1.36. The van der Waals surface area contributed by atoms with Crippen LogP contribution in [0.2, 0.25) is 0 Å². The Bertz CT molecular complexity index is 279. The summed E-state index contributed by atoms with van der Waals surface area (Å²) in [4.78, 5) is 14.3. The maximum Gasteiger partial charge on any atom is 0.286 e. The van der Waals surface area contributed by atoms with E-state index in [1.54, 1.807) is 6.92 Å². The van der Waals surface area contributed by atoms with E-state index in [0.29, 0.717) is 5.89 Å². The molecule has 0 fully saturated rings. The molecule has 0 saturated carbocycles. The summed E-state index contributed by atoms with van der Waals surface area (Å²) in [6, 6.07) is 0. The van der Waals surface area contributed by atoms with Gasteiger partial charge in [-0.25, -0.2) is 4.98 Å². The van der Waals surface area contributed by atoms with Crippen LogP contribution in [0.15, 0.2) is 4.42 Å². The SMILES string of the molecule is Cc1nc(CO)c(C(N)=O)o1. The van der Waals surface area contributed by atoms with Crippen molar-refractivity contribution < 1.29 is 14.3 Å². The zero-order valence-electron chi connectivity index (χ0n) is 6.00. The maximum absolute atomic E-state index is 10.6. The van der Waals surface area contributed by atoms with Gasteiger partial charge >= 0.3 is 0 Å². The van der Waals surface area contributed by atoms with Crippen LogP contribution in [-0.2, 0) is 6.61 Å². The van der Waals surface area contributed by atoms with Crippen molar-refractivity contribution in [3.05, 3.63) is 17.3 Å². The van der Waals surface area contributed by atoms with E-state index in [9.17, 15) is 4.79 Å². The van der Waals surface area contributed by atoms with Crippen LogP contribution in [0.25, 0.3) is 0 Å². The number of aryl methyl sites for hydroxylation is 1. The van der Waals surface area contributed by atoms with Crippen molar-refractivity contribution in [1.29, 1.82) is 0 Å². The van der Waals surface area contributed by atoms with Gasteiger partial charge in [0.05, 0.1) is 6.61 Å². The second-order valence-corrected chi connectivity index (χ2v) is 2.03. The zero-order chi connectivity index (χ0) is 8.43. The van der Waals surface area contributed by atoms with E-state index < -0.39 is 5.91 Å². The predicted octanol–water partition coefficient (Wildman–Crippen LogP) is -0.426. The van der Waals surface area contributed by atoms with Gasteiger partial charge in [0.1, 0.15) is 5.69 Å². The first-order valence-corrected chi connectivity index (χ1v) is 3.02. The van der Waals surface area contributed by atoms with E-state index >= 15 is 0 Å². The van der Waals surface area contributed by atoms with Crippen LogP contribution in [0.3, 0.4) is 0 Å². The molecule has 0 aromatic carbocycles. The highest BCUT2D eigenvalue weighted by atomic mass is 16.4. The van der Waals surface area contributed by atoms with Gasteiger partial charge in [0.2, 0.25) is 5.76 Å². The van der Waals surface area contributed by atoms with E-state index in [4.69, 9.17) is 15.3 Å². The molecule has 60 valence electrons. The summed E-state index contributed by atoms with van der Waals surface area (Å²) in [5, 5.41) is 8.65. The fraction of sp³-hybridized carbons (Fsp3) is 0.333. The molecule has 1 heterocycles. The number of primary amides is 1. The summed E-state index contributed by atoms with van der Waals surface area (Å²) in [5.41, 5.74) is 5.11. The molecule has 1 amide bonds. The van der Waals surface area contributed by atoms with Crippen molar-refractivity contribution in [3.8, 4) is 0 Å². The normalized spacial score (nSPS) is 10.0. The molecule has 0 saturated heterocycles. The van der Waals surface area contributed by atoms with Crippen LogP contribution >= 0.6 is 0 Å². The minimum Gasteiger partial charge on any atom is -0.435 e. The van der Waals surface area contributed by atoms with E-state index in [2.05, 4.69) is 4.98 Å². The van der Waals surface area contributed by atoms with Crippen molar-refractivity contribution in [2.24, 2.45) is 5.73 Å². The first-order chi connectivity index (χ1) is 5.15. The van der Waals surface area contributed by atoms with Gasteiger partial charge in [-0.05, 0) is 0 Å². The van der Waals surface area contributed by atoms with E-state index in [0.717, 1.165) is 0 Å². The maximum atomic E-state index is 10.6. The number of hydrogen-bond acceptors (Lipinski definition) is 4. The summed E-state index contributed by atoms with van der Waals surface area (Å²) in [6.07, 6.45) is 0. The highest BCUT2D eigenvalue weighted by Crippen LogP contribution is 2.08. The number of aromatic nitrogens is 1. The first-order valence-electron chi connectivity index (χ1n) is 3.02. The van der Waals surface area contributed by atoms with Gasteiger partial charge in [-0.15, -0.1) is 0 Å². The lowest BCUT2D eigenvalue weighted by Gasteiger charge is -1.88. The molecule has 5 heteroatoms. The summed E-state index contributed by atoms with van der Waals surface area (Å²) in [6.45, 7) is 1.24. The summed E-state index contributed by atoms with van der Waals surface area (Å²) >= 11 is 0. The monoisotopic (exact) mass is 156 g/mol. The van der Waals surface area contributed by atoms with E-state index in [1.807, 2.05) is 0 Å². The molecule has 0 bridgehead atoms. The van der Waals surface area contributed by atoms with Crippen LogP contribution in [-0.4, -0.2) is 16.0 Å². The number of amides is 1. The second-order valence-electron chi connectivity index (χ2n) is 2.03.